The van der Waals surface area contributed by atoms with Crippen LogP contribution >= 0.6 is 11.3 Å². The van der Waals surface area contributed by atoms with Crippen LogP contribution in [0.4, 0.5) is 0 Å². The summed E-state index contributed by atoms with van der Waals surface area (Å²) in [7, 11) is 1.95. The molecule has 0 fully saturated rings. The average Bonchev–Trinajstić information content (AvgIpc) is 2.85. The van der Waals surface area contributed by atoms with Crippen LogP contribution in [0.15, 0.2) is 58.7 Å². The van der Waals surface area contributed by atoms with Crippen LogP contribution in [-0.2, 0) is 7.05 Å². The molecule has 0 aliphatic heterocycles. The van der Waals surface area contributed by atoms with Gasteiger partial charge < -0.3 is 9.67 Å². The molecule has 0 aliphatic rings. The second-order valence-electron chi connectivity index (χ2n) is 4.68. The third kappa shape index (κ3) is 2.82. The summed E-state index contributed by atoms with van der Waals surface area (Å²) < 4.78 is 3.15. The van der Waals surface area contributed by atoms with Crippen LogP contribution < -0.4 is 4.80 Å². The van der Waals surface area contributed by atoms with Crippen molar-refractivity contribution >= 4 is 33.7 Å². The first-order chi connectivity index (χ1) is 10.6. The SMILES string of the molecule is Cn1/c(=N/N=C/c2ccc(C(=O)O)cc2)sc2ccccc21. The molecule has 0 saturated heterocycles. The molecule has 6 heteroatoms. The Balaban J connectivity index is 1.88. The highest BCUT2D eigenvalue weighted by molar-refractivity contribution is 7.16. The van der Waals surface area contributed by atoms with Gasteiger partial charge in [-0.15, -0.1) is 5.10 Å². The zero-order chi connectivity index (χ0) is 15.5. The summed E-state index contributed by atoms with van der Waals surface area (Å²) in [6.07, 6.45) is 1.61. The molecule has 0 radical (unpaired) electrons. The summed E-state index contributed by atoms with van der Waals surface area (Å²) >= 11 is 1.57. The molecule has 110 valence electrons. The van der Waals surface area contributed by atoms with Gasteiger partial charge in [-0.1, -0.05) is 35.6 Å². The molecule has 0 amide bonds. The molecule has 1 aromatic heterocycles. The maximum Gasteiger partial charge on any atom is 0.335 e. The molecule has 22 heavy (non-hydrogen) atoms. The second kappa shape index (κ2) is 5.95. The first kappa shape index (κ1) is 14.2. The Morgan fingerprint density at radius 2 is 1.91 bits per heavy atom. The van der Waals surface area contributed by atoms with Crippen LogP contribution in [0.2, 0.25) is 0 Å². The number of hydrogen-bond acceptors (Lipinski definition) is 4. The fourth-order valence-electron chi connectivity index (χ4n) is 2.03. The summed E-state index contributed by atoms with van der Waals surface area (Å²) in [6, 6.07) is 14.6. The molecule has 0 aliphatic carbocycles. The van der Waals surface area contributed by atoms with Gasteiger partial charge in [0.2, 0.25) is 4.80 Å². The minimum absolute atomic E-state index is 0.255. The molecular formula is C16H13N3O2S. The van der Waals surface area contributed by atoms with E-state index in [1.54, 1.807) is 41.8 Å². The van der Waals surface area contributed by atoms with E-state index < -0.39 is 5.97 Å². The number of benzene rings is 2. The molecule has 2 aromatic carbocycles. The maximum absolute atomic E-state index is 10.8. The van der Waals surface area contributed by atoms with Gasteiger partial charge in [-0.3, -0.25) is 0 Å². The molecule has 5 nitrogen and oxygen atoms in total. The number of carboxylic acid groups (broad SMARTS) is 1. The van der Waals surface area contributed by atoms with Gasteiger partial charge in [0.15, 0.2) is 0 Å². The van der Waals surface area contributed by atoms with Crippen LogP contribution in [0, 0.1) is 0 Å². The number of hydrogen-bond donors (Lipinski definition) is 1. The number of nitrogens with zero attached hydrogens (tertiary/aromatic N) is 3. The van der Waals surface area contributed by atoms with Crippen molar-refractivity contribution in [3.63, 3.8) is 0 Å². The molecule has 0 bridgehead atoms. The largest absolute Gasteiger partial charge is 0.478 e. The number of carboxylic acids is 1. The summed E-state index contributed by atoms with van der Waals surface area (Å²) in [4.78, 5) is 11.6. The number of aromatic nitrogens is 1. The van der Waals surface area contributed by atoms with Gasteiger partial charge in [0.1, 0.15) is 0 Å². The van der Waals surface area contributed by atoms with Gasteiger partial charge >= 0.3 is 5.97 Å². The van der Waals surface area contributed by atoms with Crippen LogP contribution in [0.5, 0.6) is 0 Å². The lowest BCUT2D eigenvalue weighted by molar-refractivity contribution is 0.0697. The monoisotopic (exact) mass is 311 g/mol. The van der Waals surface area contributed by atoms with Gasteiger partial charge in [0.05, 0.1) is 22.0 Å². The molecule has 3 aromatic rings. The summed E-state index contributed by atoms with van der Waals surface area (Å²) in [5.74, 6) is -0.939. The van der Waals surface area contributed by atoms with Crippen LogP contribution in [0.1, 0.15) is 15.9 Å². The van der Waals surface area contributed by atoms with E-state index in [9.17, 15) is 4.79 Å². The van der Waals surface area contributed by atoms with E-state index in [1.165, 1.54) is 0 Å². The van der Waals surface area contributed by atoms with Crippen LogP contribution in [-0.4, -0.2) is 21.9 Å². The van der Waals surface area contributed by atoms with Crippen LogP contribution in [0.25, 0.3) is 10.2 Å². The molecule has 1 N–H and O–H groups in total. The molecule has 0 spiro atoms. The first-order valence-electron chi connectivity index (χ1n) is 6.60. The highest BCUT2D eigenvalue weighted by Gasteiger charge is 2.01. The lowest BCUT2D eigenvalue weighted by Crippen LogP contribution is -2.08. The summed E-state index contributed by atoms with van der Waals surface area (Å²) in [5.41, 5.74) is 2.18. The Kier molecular flexibility index (Phi) is 3.84. The Morgan fingerprint density at radius 3 is 2.59 bits per heavy atom. The normalized spacial score (nSPS) is 12.3. The second-order valence-corrected chi connectivity index (χ2v) is 5.69. The summed E-state index contributed by atoms with van der Waals surface area (Å²) in [6.45, 7) is 0. The van der Waals surface area contributed by atoms with Crippen molar-refractivity contribution in [2.24, 2.45) is 17.3 Å². The number of rotatable bonds is 3. The predicted molar refractivity (Wildman–Crippen MR) is 87.4 cm³/mol. The van der Waals surface area contributed by atoms with Gasteiger partial charge in [-0.25, -0.2) is 4.79 Å². The van der Waals surface area contributed by atoms with E-state index in [4.69, 9.17) is 5.11 Å². The predicted octanol–water partition coefficient (Wildman–Crippen LogP) is 2.87. The number of carbonyl (C=O) groups is 1. The Bertz CT molecular complexity index is 920. The van der Waals surface area contributed by atoms with Gasteiger partial charge in [0.25, 0.3) is 0 Å². The van der Waals surface area contributed by atoms with E-state index in [2.05, 4.69) is 10.2 Å². The highest BCUT2D eigenvalue weighted by Crippen LogP contribution is 2.15. The van der Waals surface area contributed by atoms with E-state index in [0.717, 1.165) is 20.6 Å². The highest BCUT2D eigenvalue weighted by atomic mass is 32.1. The van der Waals surface area contributed by atoms with E-state index in [1.807, 2.05) is 35.9 Å². The smallest absolute Gasteiger partial charge is 0.335 e. The molecular weight excluding hydrogens is 298 g/mol. The number of thiazole rings is 1. The number of aryl methyl sites for hydroxylation is 1. The molecule has 0 saturated carbocycles. The van der Waals surface area contributed by atoms with Gasteiger partial charge in [-0.2, -0.15) is 5.10 Å². The fraction of sp³-hybridized carbons (Fsp3) is 0.0625. The third-order valence-corrected chi connectivity index (χ3v) is 4.33. The Morgan fingerprint density at radius 1 is 1.18 bits per heavy atom. The molecule has 1 heterocycles. The third-order valence-electron chi connectivity index (χ3n) is 3.22. The van der Waals surface area contributed by atoms with Crippen molar-refractivity contribution in [2.75, 3.05) is 0 Å². The lowest BCUT2D eigenvalue weighted by atomic mass is 10.1. The standard InChI is InChI=1S/C16H13N3O2S/c1-19-13-4-2-3-5-14(13)22-16(19)18-17-10-11-6-8-12(9-7-11)15(20)21/h2-10H,1H3,(H,20,21)/b17-10+,18-16-. The Labute approximate surface area is 130 Å². The summed E-state index contributed by atoms with van der Waals surface area (Å²) in [5, 5.41) is 17.2. The van der Waals surface area contributed by atoms with Crippen molar-refractivity contribution in [1.29, 1.82) is 0 Å². The quantitative estimate of drug-likeness (QED) is 0.597. The molecule has 0 atom stereocenters. The van der Waals surface area contributed by atoms with E-state index in [0.29, 0.717) is 0 Å². The van der Waals surface area contributed by atoms with E-state index >= 15 is 0 Å². The topological polar surface area (TPSA) is 67.0 Å². The first-order valence-corrected chi connectivity index (χ1v) is 7.42. The van der Waals surface area contributed by atoms with Crippen molar-refractivity contribution in [3.8, 4) is 0 Å². The Hall–Kier alpha value is -2.73. The number of fused-ring (bicyclic) bond motifs is 1. The van der Waals surface area contributed by atoms with E-state index in [-0.39, 0.29) is 5.56 Å². The molecule has 0 unspecified atom stereocenters. The van der Waals surface area contributed by atoms with Gasteiger partial charge in [-0.05, 0) is 29.8 Å². The number of aromatic carboxylic acids is 1. The molecule has 3 rings (SSSR count). The van der Waals surface area contributed by atoms with Crippen molar-refractivity contribution in [2.45, 2.75) is 0 Å². The zero-order valence-electron chi connectivity index (χ0n) is 11.8. The van der Waals surface area contributed by atoms with Crippen LogP contribution in [0.3, 0.4) is 0 Å². The van der Waals surface area contributed by atoms with Crippen molar-refractivity contribution in [3.05, 3.63) is 64.5 Å². The fourth-order valence-corrected chi connectivity index (χ4v) is 3.01. The van der Waals surface area contributed by atoms with Crippen molar-refractivity contribution in [1.82, 2.24) is 4.57 Å². The number of para-hydroxylation sites is 1. The van der Waals surface area contributed by atoms with Gasteiger partial charge in [0, 0.05) is 7.05 Å². The maximum atomic E-state index is 10.8. The average molecular weight is 311 g/mol. The lowest BCUT2D eigenvalue weighted by Gasteiger charge is -1.94. The zero-order valence-corrected chi connectivity index (χ0v) is 12.6. The van der Waals surface area contributed by atoms with Crippen molar-refractivity contribution < 1.29 is 9.90 Å². The minimum Gasteiger partial charge on any atom is -0.478 e. The minimum atomic E-state index is -0.939.